The molecule has 0 saturated heterocycles. The molecule has 0 fully saturated rings. The third-order valence-electron chi connectivity index (χ3n) is 2.72. The summed E-state index contributed by atoms with van der Waals surface area (Å²) in [5, 5.41) is 7.74. The summed E-state index contributed by atoms with van der Waals surface area (Å²) in [5.74, 6) is -0.559. The number of hydrogen-bond donors (Lipinski definition) is 2. The fraction of sp³-hybridized carbons (Fsp3) is 0.0769. The van der Waals surface area contributed by atoms with Gasteiger partial charge >= 0.3 is 115 Å². The van der Waals surface area contributed by atoms with Gasteiger partial charge in [-0.25, -0.2) is 0 Å². The molecule has 3 rings (SSSR count). The van der Waals surface area contributed by atoms with Gasteiger partial charge in [0.05, 0.1) is 0 Å². The molecule has 1 heterocycles. The molecule has 1 aliphatic carbocycles. The van der Waals surface area contributed by atoms with Crippen LogP contribution in [0, 0.1) is 8.98 Å². The molecule has 0 aromatic heterocycles. The molecule has 2 atom stereocenters. The molecule has 0 radical (unpaired) electrons. The molecule has 0 saturated carbocycles. The minimum absolute atomic E-state index is 0.222. The van der Waals surface area contributed by atoms with Crippen LogP contribution in [0.3, 0.4) is 0 Å². The number of fused-ring (bicyclic) bond motifs is 1. The van der Waals surface area contributed by atoms with Gasteiger partial charge in [-0.15, -0.1) is 0 Å². The Hall–Kier alpha value is -1.51. The fourth-order valence-corrected chi connectivity index (χ4v) is 6.19. The van der Waals surface area contributed by atoms with Gasteiger partial charge in [-0.05, 0) is 0 Å². The quantitative estimate of drug-likeness (QED) is 0.617. The van der Waals surface area contributed by atoms with Crippen molar-refractivity contribution in [2.24, 2.45) is 0 Å². The Morgan fingerprint density at radius 1 is 1.32 bits per heavy atom. The maximum absolute atomic E-state index is 11.7. The van der Waals surface area contributed by atoms with Crippen molar-refractivity contribution >= 4 is 11.7 Å². The second-order valence-corrected chi connectivity index (χ2v) is 8.62. The van der Waals surface area contributed by atoms with Crippen molar-refractivity contribution in [1.82, 2.24) is 0 Å². The van der Waals surface area contributed by atoms with E-state index < -0.39 is 31.8 Å². The van der Waals surface area contributed by atoms with E-state index in [1.165, 1.54) is 0 Å². The number of carbonyl (C=O) groups is 1. The van der Waals surface area contributed by atoms with E-state index >= 15 is 0 Å². The Labute approximate surface area is 115 Å². The maximum atomic E-state index is 11.7. The topological polar surface area (TPSA) is 79.6 Å². The van der Waals surface area contributed by atoms with E-state index in [0.717, 1.165) is 0 Å². The molecule has 2 unspecified atom stereocenters. The molecule has 0 spiro atoms. The van der Waals surface area contributed by atoms with E-state index in [4.69, 9.17) is 11.5 Å². The summed E-state index contributed by atoms with van der Waals surface area (Å²) in [6.07, 6.45) is 6.00. The molecule has 19 heavy (non-hydrogen) atoms. The first-order valence-electron chi connectivity index (χ1n) is 5.55. The van der Waals surface area contributed by atoms with E-state index in [1.54, 1.807) is 48.6 Å². The molecule has 0 amide bonds. The zero-order chi connectivity index (χ0) is 13.5. The van der Waals surface area contributed by atoms with Crippen LogP contribution < -0.4 is 19.7 Å². The van der Waals surface area contributed by atoms with Crippen LogP contribution in [-0.4, -0.2) is 21.2 Å². The first-order chi connectivity index (χ1) is 9.10. The molecular formula is C13H11INO4-. The van der Waals surface area contributed by atoms with Gasteiger partial charge in [-0.2, -0.15) is 0 Å². The second kappa shape index (κ2) is 4.55. The van der Waals surface area contributed by atoms with E-state index in [2.05, 4.69) is 0 Å². The molecule has 100 valence electrons. The fourth-order valence-electron chi connectivity index (χ4n) is 1.81. The van der Waals surface area contributed by atoms with Crippen molar-refractivity contribution in [3.8, 4) is 0 Å². The Bertz CT molecular complexity index is 625. The van der Waals surface area contributed by atoms with Gasteiger partial charge in [0.2, 0.25) is 0 Å². The van der Waals surface area contributed by atoms with Crippen LogP contribution in [-0.2, 0) is 6.13 Å². The zero-order valence-corrected chi connectivity index (χ0v) is 11.9. The van der Waals surface area contributed by atoms with Gasteiger partial charge in [-0.1, -0.05) is 0 Å². The molecule has 1 aromatic carbocycles. The molecule has 5 nitrogen and oxygen atoms in total. The van der Waals surface area contributed by atoms with Crippen molar-refractivity contribution in [3.63, 3.8) is 0 Å². The van der Waals surface area contributed by atoms with Gasteiger partial charge in [0, 0.05) is 0 Å². The molecule has 2 N–H and O–H groups in total. The van der Waals surface area contributed by atoms with E-state index in [0.29, 0.717) is 9.13 Å². The minimum atomic E-state index is -4.26. The van der Waals surface area contributed by atoms with Crippen LogP contribution in [0.15, 0.2) is 48.6 Å². The number of halogens is 1. The molecule has 2 aliphatic rings. The molecule has 1 aromatic rings. The zero-order valence-electron chi connectivity index (χ0n) is 9.75. The molecule has 0 bridgehead atoms. The summed E-state index contributed by atoms with van der Waals surface area (Å²) in [6, 6.07) is 6.67. The Kier molecular flexibility index (Phi) is 3.00. The van der Waals surface area contributed by atoms with Crippen LogP contribution in [0.1, 0.15) is 10.4 Å². The van der Waals surface area contributed by atoms with Gasteiger partial charge in [0.1, 0.15) is 0 Å². The summed E-state index contributed by atoms with van der Waals surface area (Å²) in [7, 11) is 0. The van der Waals surface area contributed by atoms with Gasteiger partial charge < -0.3 is 0 Å². The van der Waals surface area contributed by atoms with Crippen LogP contribution in [0.5, 0.6) is 0 Å². The Morgan fingerprint density at radius 3 is 2.89 bits per heavy atom. The predicted molar refractivity (Wildman–Crippen MR) is 63.7 cm³/mol. The van der Waals surface area contributed by atoms with Crippen molar-refractivity contribution in [3.05, 3.63) is 57.7 Å². The first kappa shape index (κ1) is 12.5. The third kappa shape index (κ3) is 2.11. The molecule has 1 aliphatic heterocycles. The van der Waals surface area contributed by atoms with Crippen LogP contribution >= 0.6 is 0 Å². The van der Waals surface area contributed by atoms with Crippen LogP contribution in [0.25, 0.3) is 0 Å². The van der Waals surface area contributed by atoms with Gasteiger partial charge in [0.25, 0.3) is 0 Å². The standard InChI is InChI=1S/C13H11INO4/c15-11-7-3-4-8-12(11)18-14(17)10-6-2-1-5-9(10)13(16)19-14/h1-8,12,15,17H/q-1. The van der Waals surface area contributed by atoms with Gasteiger partial charge in [0.15, 0.2) is 0 Å². The van der Waals surface area contributed by atoms with Crippen LogP contribution in [0.2, 0.25) is 0 Å². The van der Waals surface area contributed by atoms with Crippen molar-refractivity contribution in [2.75, 3.05) is 0 Å². The van der Waals surface area contributed by atoms with Crippen molar-refractivity contribution in [2.45, 2.75) is 6.10 Å². The summed E-state index contributed by atoms with van der Waals surface area (Å²) in [6.45, 7) is 0. The summed E-state index contributed by atoms with van der Waals surface area (Å²) in [5.41, 5.74) is 0.572. The molecule has 6 heteroatoms. The average molecular weight is 372 g/mol. The van der Waals surface area contributed by atoms with Crippen molar-refractivity contribution < 1.29 is 34.0 Å². The number of hydrogen-bond acceptors (Lipinski definition) is 5. The normalized spacial score (nSPS) is 31.7. The Morgan fingerprint density at radius 2 is 2.11 bits per heavy atom. The second-order valence-electron chi connectivity index (χ2n) is 3.99. The third-order valence-corrected chi connectivity index (χ3v) is 7.37. The number of carbonyl (C=O) groups excluding carboxylic acids is 1. The SMILES string of the molecule is N=C1C=CC=CC1O[I-]1(O)OC(=O)c2ccccc21. The molecular weight excluding hydrogens is 361 g/mol. The summed E-state index contributed by atoms with van der Waals surface area (Å²) in [4.78, 5) is 11.7. The number of allylic oxidation sites excluding steroid dienone is 2. The summed E-state index contributed by atoms with van der Waals surface area (Å²) >= 11 is -4.26. The predicted octanol–water partition coefficient (Wildman–Crippen LogP) is -1.54. The van der Waals surface area contributed by atoms with Gasteiger partial charge in [-0.3, -0.25) is 0 Å². The number of benzene rings is 1. The van der Waals surface area contributed by atoms with Crippen molar-refractivity contribution in [1.29, 1.82) is 5.41 Å². The monoisotopic (exact) mass is 372 g/mol. The van der Waals surface area contributed by atoms with Crippen LogP contribution in [0.4, 0.5) is 0 Å². The summed E-state index contributed by atoms with van der Waals surface area (Å²) < 4.78 is 21.7. The number of nitrogens with one attached hydrogen (secondary N) is 1. The first-order valence-corrected chi connectivity index (χ1v) is 9.35. The van der Waals surface area contributed by atoms with E-state index in [-0.39, 0.29) is 5.71 Å². The number of rotatable bonds is 2. The van der Waals surface area contributed by atoms with E-state index in [9.17, 15) is 8.23 Å². The average Bonchev–Trinajstić information content (AvgIpc) is 2.65. The van der Waals surface area contributed by atoms with E-state index in [1.807, 2.05) is 0 Å². The Balaban J connectivity index is 1.93.